The number of rotatable bonds is 10. The third-order valence-electron chi connectivity index (χ3n) is 4.20. The molecule has 2 rings (SSSR count). The number of carbonyl (C=O) groups is 2. The molecule has 0 aromatic heterocycles. The fraction of sp³-hybridized carbons (Fsp3) is 0.333. The fourth-order valence-electron chi connectivity index (χ4n) is 2.50. The van der Waals surface area contributed by atoms with Crippen LogP contribution in [0.3, 0.4) is 0 Å². The molecule has 160 valence electrons. The maximum atomic E-state index is 12.3. The third kappa shape index (κ3) is 7.07. The van der Waals surface area contributed by atoms with Crippen molar-refractivity contribution in [2.45, 2.75) is 25.2 Å². The van der Waals surface area contributed by atoms with E-state index in [9.17, 15) is 24.8 Å². The molecule has 0 aliphatic carbocycles. The van der Waals surface area contributed by atoms with Gasteiger partial charge in [0, 0.05) is 30.3 Å². The van der Waals surface area contributed by atoms with Crippen LogP contribution in [0.2, 0.25) is 0 Å². The monoisotopic (exact) mass is 431 g/mol. The van der Waals surface area contributed by atoms with E-state index in [4.69, 9.17) is 0 Å². The lowest BCUT2D eigenvalue weighted by Gasteiger charge is -2.09. The number of phenolic OH excluding ortho intramolecular Hbond substituents is 1. The Balaban J connectivity index is 1.88. The summed E-state index contributed by atoms with van der Waals surface area (Å²) >= 11 is 1.41. The van der Waals surface area contributed by atoms with Crippen LogP contribution < -0.4 is 10.6 Å². The van der Waals surface area contributed by atoms with Crippen molar-refractivity contribution in [1.29, 1.82) is 0 Å². The van der Waals surface area contributed by atoms with Crippen LogP contribution in [0, 0.1) is 16.0 Å². The molecular weight excluding hydrogens is 406 g/mol. The molecule has 0 bridgehead atoms. The first kappa shape index (κ1) is 23.2. The van der Waals surface area contributed by atoms with Gasteiger partial charge in [0.2, 0.25) is 0 Å². The first-order valence-corrected chi connectivity index (χ1v) is 10.5. The van der Waals surface area contributed by atoms with Crippen LogP contribution in [0.15, 0.2) is 47.4 Å². The quantitative estimate of drug-likeness (QED) is 0.229. The average Bonchev–Trinajstić information content (AvgIpc) is 2.71. The minimum Gasteiger partial charge on any atom is -0.508 e. The van der Waals surface area contributed by atoms with E-state index >= 15 is 0 Å². The molecule has 2 amide bonds. The number of thioether (sulfide) groups is 1. The molecule has 0 aliphatic rings. The Morgan fingerprint density at radius 3 is 2.17 bits per heavy atom. The van der Waals surface area contributed by atoms with Crippen molar-refractivity contribution in [1.82, 2.24) is 10.6 Å². The molecule has 0 unspecified atom stereocenters. The van der Waals surface area contributed by atoms with Crippen molar-refractivity contribution in [2.75, 3.05) is 18.8 Å². The van der Waals surface area contributed by atoms with Gasteiger partial charge in [0.1, 0.15) is 5.75 Å². The van der Waals surface area contributed by atoms with E-state index in [0.717, 1.165) is 12.2 Å². The average molecular weight is 432 g/mol. The minimum atomic E-state index is -0.480. The molecule has 2 aromatic carbocycles. The van der Waals surface area contributed by atoms with Gasteiger partial charge in [-0.05, 0) is 54.5 Å². The SMILES string of the molecule is CC(C)CCSc1ccc(C(=O)NCCNC(=O)c2ccc(O)cc2)cc1[N+](=O)[O-]. The molecule has 0 saturated heterocycles. The first-order chi connectivity index (χ1) is 14.3. The summed E-state index contributed by atoms with van der Waals surface area (Å²) in [5.41, 5.74) is 0.497. The van der Waals surface area contributed by atoms with Gasteiger partial charge >= 0.3 is 0 Å². The number of nitrogens with zero attached hydrogens (tertiary/aromatic N) is 1. The van der Waals surface area contributed by atoms with Gasteiger partial charge in [-0.15, -0.1) is 11.8 Å². The van der Waals surface area contributed by atoms with Crippen molar-refractivity contribution in [3.05, 3.63) is 63.7 Å². The highest BCUT2D eigenvalue weighted by Crippen LogP contribution is 2.31. The van der Waals surface area contributed by atoms with Gasteiger partial charge in [-0.25, -0.2) is 0 Å². The number of carbonyl (C=O) groups excluding carboxylic acids is 2. The highest BCUT2D eigenvalue weighted by Gasteiger charge is 2.18. The summed E-state index contributed by atoms with van der Waals surface area (Å²) < 4.78 is 0. The summed E-state index contributed by atoms with van der Waals surface area (Å²) in [6.45, 7) is 4.54. The van der Waals surface area contributed by atoms with Crippen LogP contribution in [-0.4, -0.2) is 40.7 Å². The van der Waals surface area contributed by atoms with E-state index in [2.05, 4.69) is 24.5 Å². The zero-order valence-corrected chi connectivity index (χ0v) is 17.7. The topological polar surface area (TPSA) is 122 Å². The molecule has 0 aliphatic heterocycles. The first-order valence-electron chi connectivity index (χ1n) is 9.54. The van der Waals surface area contributed by atoms with Crippen LogP contribution in [-0.2, 0) is 0 Å². The van der Waals surface area contributed by atoms with Crippen molar-refractivity contribution >= 4 is 29.3 Å². The van der Waals surface area contributed by atoms with Crippen molar-refractivity contribution in [3.63, 3.8) is 0 Å². The smallest absolute Gasteiger partial charge is 0.283 e. The van der Waals surface area contributed by atoms with Crippen LogP contribution in [0.25, 0.3) is 0 Å². The van der Waals surface area contributed by atoms with E-state index in [1.165, 1.54) is 42.1 Å². The van der Waals surface area contributed by atoms with E-state index in [0.29, 0.717) is 16.4 Å². The lowest BCUT2D eigenvalue weighted by Crippen LogP contribution is -2.34. The van der Waals surface area contributed by atoms with Gasteiger partial charge in [-0.2, -0.15) is 0 Å². The highest BCUT2D eigenvalue weighted by molar-refractivity contribution is 7.99. The molecule has 2 aromatic rings. The minimum absolute atomic E-state index is 0.0669. The normalized spacial score (nSPS) is 10.6. The highest BCUT2D eigenvalue weighted by atomic mass is 32.2. The molecule has 0 spiro atoms. The molecule has 0 fully saturated rings. The predicted molar refractivity (Wildman–Crippen MR) is 116 cm³/mol. The fourth-order valence-corrected chi connectivity index (χ4v) is 3.75. The van der Waals surface area contributed by atoms with Gasteiger partial charge in [0.25, 0.3) is 17.5 Å². The zero-order valence-electron chi connectivity index (χ0n) is 16.9. The van der Waals surface area contributed by atoms with E-state index in [-0.39, 0.29) is 36.0 Å². The number of aromatic hydroxyl groups is 1. The summed E-state index contributed by atoms with van der Waals surface area (Å²) in [4.78, 5) is 35.7. The second kappa shape index (κ2) is 11.2. The Kier molecular flexibility index (Phi) is 8.67. The molecule has 0 saturated carbocycles. The Bertz CT molecular complexity index is 900. The number of benzene rings is 2. The largest absolute Gasteiger partial charge is 0.508 e. The van der Waals surface area contributed by atoms with Gasteiger partial charge < -0.3 is 15.7 Å². The maximum Gasteiger partial charge on any atom is 0.283 e. The number of hydrogen-bond donors (Lipinski definition) is 3. The predicted octanol–water partition coefficient (Wildman–Crippen LogP) is 3.60. The lowest BCUT2D eigenvalue weighted by molar-refractivity contribution is -0.387. The molecule has 9 heteroatoms. The number of hydrogen-bond acceptors (Lipinski definition) is 6. The number of nitrogens with one attached hydrogen (secondary N) is 2. The summed E-state index contributed by atoms with van der Waals surface area (Å²) in [7, 11) is 0. The number of phenols is 1. The molecule has 0 heterocycles. The molecular formula is C21H25N3O5S. The number of amides is 2. The molecule has 30 heavy (non-hydrogen) atoms. The number of nitro benzene ring substituents is 1. The second-order valence-electron chi connectivity index (χ2n) is 7.03. The van der Waals surface area contributed by atoms with Crippen LogP contribution in [0.4, 0.5) is 5.69 Å². The second-order valence-corrected chi connectivity index (χ2v) is 8.17. The van der Waals surface area contributed by atoms with Gasteiger partial charge in [0.05, 0.1) is 9.82 Å². The molecule has 0 atom stereocenters. The third-order valence-corrected chi connectivity index (χ3v) is 5.29. The zero-order chi connectivity index (χ0) is 22.1. The lowest BCUT2D eigenvalue weighted by atomic mass is 10.2. The molecule has 3 N–H and O–H groups in total. The van der Waals surface area contributed by atoms with Gasteiger partial charge in [-0.1, -0.05) is 13.8 Å². The summed E-state index contributed by atoms with van der Waals surface area (Å²) in [6, 6.07) is 10.2. The molecule has 0 radical (unpaired) electrons. The van der Waals surface area contributed by atoms with Gasteiger partial charge in [-0.3, -0.25) is 19.7 Å². The van der Waals surface area contributed by atoms with E-state index in [1.807, 2.05) is 0 Å². The van der Waals surface area contributed by atoms with E-state index in [1.54, 1.807) is 12.1 Å². The van der Waals surface area contributed by atoms with Crippen LogP contribution >= 0.6 is 11.8 Å². The van der Waals surface area contributed by atoms with Crippen LogP contribution in [0.5, 0.6) is 5.75 Å². The molecule has 8 nitrogen and oxygen atoms in total. The van der Waals surface area contributed by atoms with Gasteiger partial charge in [0.15, 0.2) is 0 Å². The standard InChI is InChI=1S/C21H25N3O5S/c1-14(2)9-12-30-19-8-5-16(13-18(19)24(28)29)21(27)23-11-10-22-20(26)15-3-6-17(25)7-4-15/h3-8,13-14,25H,9-12H2,1-2H3,(H,22,26)(H,23,27). The van der Waals surface area contributed by atoms with Crippen molar-refractivity contribution in [3.8, 4) is 5.75 Å². The number of nitro groups is 1. The Hall–Kier alpha value is -3.07. The Labute approximate surface area is 179 Å². The van der Waals surface area contributed by atoms with E-state index < -0.39 is 10.8 Å². The van der Waals surface area contributed by atoms with Crippen molar-refractivity contribution < 1.29 is 19.6 Å². The van der Waals surface area contributed by atoms with Crippen molar-refractivity contribution in [2.24, 2.45) is 5.92 Å². The Morgan fingerprint density at radius 2 is 1.60 bits per heavy atom. The summed E-state index contributed by atoms with van der Waals surface area (Å²) in [6.07, 6.45) is 0.944. The summed E-state index contributed by atoms with van der Waals surface area (Å²) in [5.74, 6) is 0.567. The van der Waals surface area contributed by atoms with Crippen LogP contribution in [0.1, 0.15) is 41.0 Å². The summed E-state index contributed by atoms with van der Waals surface area (Å²) in [5, 5.41) is 25.9. The maximum absolute atomic E-state index is 12.3. The Morgan fingerprint density at radius 1 is 1.03 bits per heavy atom.